The van der Waals surface area contributed by atoms with Crippen molar-refractivity contribution in [1.29, 1.82) is 0 Å². The third-order valence-corrected chi connectivity index (χ3v) is 3.49. The molecule has 0 saturated heterocycles. The Hall–Kier alpha value is -2.62. The van der Waals surface area contributed by atoms with Gasteiger partial charge in [-0.1, -0.05) is 49.7 Å². The van der Waals surface area contributed by atoms with E-state index in [1.54, 1.807) is 12.1 Å². The fourth-order valence-electron chi connectivity index (χ4n) is 2.28. The molecule has 0 atom stereocenters. The second kappa shape index (κ2) is 8.13. The number of fused-ring (bicyclic) bond motifs is 1. The Kier molecular flexibility index (Phi) is 5.92. The number of ether oxygens (including phenoxy) is 2. The van der Waals surface area contributed by atoms with Crippen molar-refractivity contribution < 1.29 is 19.1 Å². The second-order valence-electron chi connectivity index (χ2n) is 5.10. The zero-order valence-corrected chi connectivity index (χ0v) is 13.4. The molecular weight excluding hydrogens is 292 g/mol. The highest BCUT2D eigenvalue weighted by Gasteiger charge is 2.14. The van der Waals surface area contributed by atoms with Gasteiger partial charge in [-0.2, -0.15) is 0 Å². The fraction of sp³-hybridized carbons (Fsp3) is 0.263. The Morgan fingerprint density at radius 2 is 1.91 bits per heavy atom. The van der Waals surface area contributed by atoms with Gasteiger partial charge < -0.3 is 9.47 Å². The Balaban J connectivity index is 2.33. The van der Waals surface area contributed by atoms with E-state index in [4.69, 9.17) is 9.47 Å². The number of rotatable bonds is 6. The van der Waals surface area contributed by atoms with Crippen LogP contribution in [-0.4, -0.2) is 25.7 Å². The molecular formula is C19H20O4. The topological polar surface area (TPSA) is 52.6 Å². The Morgan fingerprint density at radius 3 is 2.65 bits per heavy atom. The van der Waals surface area contributed by atoms with Crippen LogP contribution in [0.15, 0.2) is 42.5 Å². The van der Waals surface area contributed by atoms with Crippen molar-refractivity contribution in [2.24, 2.45) is 0 Å². The van der Waals surface area contributed by atoms with Gasteiger partial charge in [0, 0.05) is 6.08 Å². The lowest BCUT2D eigenvalue weighted by atomic mass is 9.98. The lowest BCUT2D eigenvalue weighted by molar-refractivity contribution is -0.137. The van der Waals surface area contributed by atoms with Crippen LogP contribution >= 0.6 is 0 Å². The number of carbonyl (C=O) groups excluding carboxylic acids is 2. The van der Waals surface area contributed by atoms with Gasteiger partial charge in [0.25, 0.3) is 0 Å². The summed E-state index contributed by atoms with van der Waals surface area (Å²) < 4.78 is 9.96. The summed E-state index contributed by atoms with van der Waals surface area (Å²) in [6.45, 7) is 2.43. The van der Waals surface area contributed by atoms with E-state index in [1.807, 2.05) is 37.3 Å². The summed E-state index contributed by atoms with van der Waals surface area (Å²) in [5.74, 6) is -0.844. The van der Waals surface area contributed by atoms with E-state index in [9.17, 15) is 9.59 Å². The molecule has 0 fully saturated rings. The first-order chi connectivity index (χ1) is 11.2. The van der Waals surface area contributed by atoms with Gasteiger partial charge in [0.1, 0.15) is 0 Å². The van der Waals surface area contributed by atoms with Crippen molar-refractivity contribution in [2.45, 2.75) is 19.8 Å². The van der Waals surface area contributed by atoms with Crippen LogP contribution in [0.4, 0.5) is 0 Å². The minimum atomic E-state index is -0.430. The second-order valence-corrected chi connectivity index (χ2v) is 5.10. The SMILES string of the molecule is CCCCOC(=O)/C=C/c1ccc2ccccc2c1C(=O)OC. The van der Waals surface area contributed by atoms with E-state index in [2.05, 4.69) is 0 Å². The molecule has 120 valence electrons. The van der Waals surface area contributed by atoms with Crippen LogP contribution in [-0.2, 0) is 14.3 Å². The van der Waals surface area contributed by atoms with E-state index < -0.39 is 11.9 Å². The summed E-state index contributed by atoms with van der Waals surface area (Å²) >= 11 is 0. The maximum absolute atomic E-state index is 12.1. The van der Waals surface area contributed by atoms with Crippen LogP contribution in [0.3, 0.4) is 0 Å². The average molecular weight is 312 g/mol. The molecule has 4 heteroatoms. The Morgan fingerprint density at radius 1 is 1.13 bits per heavy atom. The molecule has 0 aliphatic carbocycles. The van der Waals surface area contributed by atoms with Crippen molar-refractivity contribution in [3.63, 3.8) is 0 Å². The molecule has 0 aromatic heterocycles. The van der Waals surface area contributed by atoms with Gasteiger partial charge in [0.2, 0.25) is 0 Å². The zero-order valence-electron chi connectivity index (χ0n) is 13.4. The van der Waals surface area contributed by atoms with Crippen molar-refractivity contribution in [3.05, 3.63) is 53.6 Å². The minimum Gasteiger partial charge on any atom is -0.465 e. The Bertz CT molecular complexity index is 731. The van der Waals surface area contributed by atoms with Crippen LogP contribution in [0, 0.1) is 0 Å². The fourth-order valence-corrected chi connectivity index (χ4v) is 2.28. The number of esters is 2. The summed E-state index contributed by atoms with van der Waals surface area (Å²) in [5, 5.41) is 1.73. The smallest absolute Gasteiger partial charge is 0.339 e. The maximum Gasteiger partial charge on any atom is 0.339 e. The largest absolute Gasteiger partial charge is 0.465 e. The quantitative estimate of drug-likeness (QED) is 0.460. The van der Waals surface area contributed by atoms with E-state index in [0.717, 1.165) is 23.6 Å². The first-order valence-corrected chi connectivity index (χ1v) is 7.62. The minimum absolute atomic E-state index is 0.404. The molecule has 2 rings (SSSR count). The van der Waals surface area contributed by atoms with E-state index in [-0.39, 0.29) is 0 Å². The third-order valence-electron chi connectivity index (χ3n) is 3.49. The van der Waals surface area contributed by atoms with Crippen LogP contribution in [0.5, 0.6) is 0 Å². The zero-order chi connectivity index (χ0) is 16.7. The summed E-state index contributed by atoms with van der Waals surface area (Å²) in [7, 11) is 1.34. The summed E-state index contributed by atoms with van der Waals surface area (Å²) in [5.41, 5.74) is 1.08. The predicted octanol–water partition coefficient (Wildman–Crippen LogP) is 3.98. The summed E-state index contributed by atoms with van der Waals surface area (Å²) in [6, 6.07) is 11.3. The average Bonchev–Trinajstić information content (AvgIpc) is 2.59. The highest BCUT2D eigenvalue weighted by atomic mass is 16.5. The van der Waals surface area contributed by atoms with Crippen molar-refractivity contribution >= 4 is 28.8 Å². The van der Waals surface area contributed by atoms with Crippen LogP contribution in [0.1, 0.15) is 35.7 Å². The Labute approximate surface area is 135 Å². The van der Waals surface area contributed by atoms with Crippen LogP contribution in [0.25, 0.3) is 16.8 Å². The highest BCUT2D eigenvalue weighted by Crippen LogP contribution is 2.24. The predicted molar refractivity (Wildman–Crippen MR) is 90.2 cm³/mol. The standard InChI is InChI=1S/C19H20O4/c1-3-4-13-23-17(20)12-11-15-10-9-14-7-5-6-8-16(14)18(15)19(21)22-2/h5-12H,3-4,13H2,1-2H3/b12-11+. The number of hydrogen-bond acceptors (Lipinski definition) is 4. The molecule has 0 heterocycles. The van der Waals surface area contributed by atoms with Crippen molar-refractivity contribution in [3.8, 4) is 0 Å². The van der Waals surface area contributed by atoms with Gasteiger partial charge in [-0.3, -0.25) is 0 Å². The number of carbonyl (C=O) groups is 2. The maximum atomic E-state index is 12.1. The molecule has 0 spiro atoms. The van der Waals surface area contributed by atoms with Gasteiger partial charge in [-0.15, -0.1) is 0 Å². The number of methoxy groups -OCH3 is 1. The van der Waals surface area contributed by atoms with E-state index in [0.29, 0.717) is 17.7 Å². The molecule has 4 nitrogen and oxygen atoms in total. The molecule has 0 bridgehead atoms. The van der Waals surface area contributed by atoms with Gasteiger partial charge in [0.05, 0.1) is 19.3 Å². The lowest BCUT2D eigenvalue weighted by Gasteiger charge is -2.08. The molecule has 0 aliphatic heterocycles. The third kappa shape index (κ3) is 4.19. The number of hydrogen-bond donors (Lipinski definition) is 0. The number of unbranched alkanes of at least 4 members (excludes halogenated alkanes) is 1. The van der Waals surface area contributed by atoms with Crippen LogP contribution < -0.4 is 0 Å². The normalized spacial score (nSPS) is 10.9. The van der Waals surface area contributed by atoms with Gasteiger partial charge >= 0.3 is 11.9 Å². The highest BCUT2D eigenvalue weighted by molar-refractivity contribution is 6.08. The molecule has 2 aromatic rings. The monoisotopic (exact) mass is 312 g/mol. The number of benzene rings is 2. The molecule has 23 heavy (non-hydrogen) atoms. The molecule has 0 amide bonds. The summed E-state index contributed by atoms with van der Waals surface area (Å²) in [4.78, 5) is 23.8. The summed E-state index contributed by atoms with van der Waals surface area (Å²) in [6.07, 6.45) is 4.73. The van der Waals surface area contributed by atoms with Crippen molar-refractivity contribution in [2.75, 3.05) is 13.7 Å². The lowest BCUT2D eigenvalue weighted by Crippen LogP contribution is -2.05. The van der Waals surface area contributed by atoms with E-state index >= 15 is 0 Å². The first-order valence-electron chi connectivity index (χ1n) is 7.62. The van der Waals surface area contributed by atoms with Gasteiger partial charge in [0.15, 0.2) is 0 Å². The molecule has 0 aliphatic rings. The van der Waals surface area contributed by atoms with Gasteiger partial charge in [-0.05, 0) is 28.8 Å². The molecule has 0 radical (unpaired) electrons. The van der Waals surface area contributed by atoms with Crippen molar-refractivity contribution in [1.82, 2.24) is 0 Å². The molecule has 2 aromatic carbocycles. The van der Waals surface area contributed by atoms with Gasteiger partial charge in [-0.25, -0.2) is 9.59 Å². The first kappa shape index (κ1) is 16.7. The molecule has 0 saturated carbocycles. The van der Waals surface area contributed by atoms with Crippen LogP contribution in [0.2, 0.25) is 0 Å². The van der Waals surface area contributed by atoms with E-state index in [1.165, 1.54) is 13.2 Å². The molecule has 0 unspecified atom stereocenters. The molecule has 0 N–H and O–H groups in total.